The van der Waals surface area contributed by atoms with E-state index in [0.29, 0.717) is 10.9 Å². The molecule has 1 fully saturated rings. The van der Waals surface area contributed by atoms with Gasteiger partial charge in [0.1, 0.15) is 5.52 Å². The normalized spacial score (nSPS) is 16.4. The monoisotopic (exact) mass is 356 g/mol. The van der Waals surface area contributed by atoms with Gasteiger partial charge in [-0.1, -0.05) is 24.3 Å². The maximum atomic E-state index is 12.9. The van der Waals surface area contributed by atoms with Crippen LogP contribution < -0.4 is 4.90 Å². The van der Waals surface area contributed by atoms with E-state index in [2.05, 4.69) is 27.0 Å². The van der Waals surface area contributed by atoms with Gasteiger partial charge in [-0.3, -0.25) is 5.10 Å². The number of aromatic nitrogens is 2. The van der Waals surface area contributed by atoms with Crippen molar-refractivity contribution in [2.75, 3.05) is 38.1 Å². The molecule has 1 aromatic heterocycles. The van der Waals surface area contributed by atoms with Crippen molar-refractivity contribution in [1.29, 1.82) is 0 Å². The summed E-state index contributed by atoms with van der Waals surface area (Å²) in [6.07, 6.45) is 0. The van der Waals surface area contributed by atoms with Crippen molar-refractivity contribution in [2.24, 2.45) is 0 Å². The number of nitrogens with one attached hydrogen (secondary N) is 1. The molecule has 0 radical (unpaired) electrons. The van der Waals surface area contributed by atoms with Crippen molar-refractivity contribution in [3.05, 3.63) is 48.5 Å². The second kappa shape index (κ2) is 6.16. The van der Waals surface area contributed by atoms with Crippen molar-refractivity contribution >= 4 is 26.4 Å². The van der Waals surface area contributed by atoms with Crippen LogP contribution in [0.5, 0.6) is 0 Å². The molecule has 25 heavy (non-hydrogen) atoms. The number of aromatic amines is 1. The lowest BCUT2D eigenvalue weighted by Gasteiger charge is -2.34. The first-order valence-electron chi connectivity index (χ1n) is 8.28. The number of nitrogens with zero attached hydrogens (tertiary/aromatic N) is 3. The van der Waals surface area contributed by atoms with Gasteiger partial charge in [0.05, 0.1) is 10.6 Å². The molecule has 1 saturated heterocycles. The Labute approximate surface area is 147 Å². The minimum atomic E-state index is -3.62. The summed E-state index contributed by atoms with van der Waals surface area (Å²) in [5, 5.41) is 7.91. The lowest BCUT2D eigenvalue weighted by Crippen LogP contribution is -2.44. The number of hydrogen-bond acceptors (Lipinski definition) is 5. The highest BCUT2D eigenvalue weighted by Crippen LogP contribution is 2.32. The lowest BCUT2D eigenvalue weighted by atomic mass is 10.2. The van der Waals surface area contributed by atoms with Gasteiger partial charge in [0, 0.05) is 31.6 Å². The zero-order chi connectivity index (χ0) is 17.4. The fourth-order valence-corrected chi connectivity index (χ4v) is 4.60. The molecular formula is C18H20N4O2S. The van der Waals surface area contributed by atoms with E-state index in [4.69, 9.17) is 0 Å². The number of rotatable bonds is 3. The van der Waals surface area contributed by atoms with E-state index < -0.39 is 9.84 Å². The molecule has 1 aliphatic heterocycles. The Bertz CT molecular complexity index is 990. The number of para-hydroxylation sites is 1. The minimum Gasteiger partial charge on any atom is -0.367 e. The summed E-state index contributed by atoms with van der Waals surface area (Å²) >= 11 is 0. The quantitative estimate of drug-likeness (QED) is 0.779. The van der Waals surface area contributed by atoms with E-state index in [9.17, 15) is 8.42 Å². The first kappa shape index (κ1) is 16.1. The van der Waals surface area contributed by atoms with Gasteiger partial charge in [-0.25, -0.2) is 8.42 Å². The molecule has 1 N–H and O–H groups in total. The number of likely N-dealkylation sites (N-methyl/N-ethyl adjacent to an activating group) is 1. The third-order valence-electron chi connectivity index (χ3n) is 4.69. The molecule has 1 aliphatic rings. The molecule has 3 aromatic rings. The molecule has 0 spiro atoms. The van der Waals surface area contributed by atoms with Gasteiger partial charge in [0.15, 0.2) is 5.03 Å². The number of H-pyrrole nitrogens is 1. The van der Waals surface area contributed by atoms with Crippen molar-refractivity contribution in [3.63, 3.8) is 0 Å². The zero-order valence-electron chi connectivity index (χ0n) is 14.0. The summed E-state index contributed by atoms with van der Waals surface area (Å²) in [5.74, 6) is 0. The number of benzene rings is 2. The van der Waals surface area contributed by atoms with Crippen LogP contribution in [0.1, 0.15) is 0 Å². The Morgan fingerprint density at radius 1 is 0.960 bits per heavy atom. The smallest absolute Gasteiger partial charge is 0.223 e. The summed E-state index contributed by atoms with van der Waals surface area (Å²) in [6.45, 7) is 3.78. The van der Waals surface area contributed by atoms with Gasteiger partial charge < -0.3 is 9.80 Å². The van der Waals surface area contributed by atoms with Gasteiger partial charge in [0.2, 0.25) is 9.84 Å². The predicted molar refractivity (Wildman–Crippen MR) is 97.7 cm³/mol. The van der Waals surface area contributed by atoms with E-state index >= 15 is 0 Å². The van der Waals surface area contributed by atoms with Crippen molar-refractivity contribution in [2.45, 2.75) is 9.92 Å². The van der Waals surface area contributed by atoms with Crippen LogP contribution in [0.25, 0.3) is 10.9 Å². The number of fused-ring (bicyclic) bond motifs is 1. The molecule has 2 heterocycles. The van der Waals surface area contributed by atoms with Gasteiger partial charge in [-0.15, -0.1) is 0 Å². The first-order chi connectivity index (χ1) is 12.1. The maximum absolute atomic E-state index is 12.9. The van der Waals surface area contributed by atoms with E-state index in [1.54, 1.807) is 30.3 Å². The summed E-state index contributed by atoms with van der Waals surface area (Å²) in [7, 11) is -1.52. The third kappa shape index (κ3) is 2.79. The molecule has 2 aromatic carbocycles. The maximum Gasteiger partial charge on any atom is 0.223 e. The third-order valence-corrected chi connectivity index (χ3v) is 6.44. The van der Waals surface area contributed by atoms with Crippen LogP contribution in [-0.2, 0) is 9.84 Å². The van der Waals surface area contributed by atoms with Crippen molar-refractivity contribution in [3.8, 4) is 0 Å². The second-order valence-electron chi connectivity index (χ2n) is 6.33. The van der Waals surface area contributed by atoms with Gasteiger partial charge in [-0.05, 0) is 31.3 Å². The van der Waals surface area contributed by atoms with E-state index in [1.807, 2.05) is 18.2 Å². The molecule has 0 saturated carbocycles. The fourth-order valence-electron chi connectivity index (χ4n) is 3.22. The second-order valence-corrected chi connectivity index (χ2v) is 8.22. The zero-order valence-corrected chi connectivity index (χ0v) is 14.8. The highest BCUT2D eigenvalue weighted by molar-refractivity contribution is 7.91. The average Bonchev–Trinajstić information content (AvgIpc) is 3.08. The van der Waals surface area contributed by atoms with Crippen LogP contribution in [0, 0.1) is 0 Å². The molecule has 0 bridgehead atoms. The highest BCUT2D eigenvalue weighted by atomic mass is 32.2. The van der Waals surface area contributed by atoms with Gasteiger partial charge in [0.25, 0.3) is 0 Å². The molecule has 0 atom stereocenters. The highest BCUT2D eigenvalue weighted by Gasteiger charge is 2.25. The Morgan fingerprint density at radius 2 is 1.68 bits per heavy atom. The SMILES string of the molecule is CN1CCN(c2cccc3c(S(=O)(=O)c4ccccc4)[nH]nc23)CC1. The topological polar surface area (TPSA) is 69.3 Å². The van der Waals surface area contributed by atoms with E-state index in [0.717, 1.165) is 31.9 Å². The predicted octanol–water partition coefficient (Wildman–Crippen LogP) is 2.15. The molecule has 130 valence electrons. The van der Waals surface area contributed by atoms with Crippen LogP contribution in [-0.4, -0.2) is 56.7 Å². The van der Waals surface area contributed by atoms with Gasteiger partial charge >= 0.3 is 0 Å². The number of piperazine rings is 1. The number of sulfone groups is 1. The molecule has 0 unspecified atom stereocenters. The van der Waals surface area contributed by atoms with Crippen molar-refractivity contribution in [1.82, 2.24) is 15.1 Å². The van der Waals surface area contributed by atoms with Crippen LogP contribution in [0.15, 0.2) is 58.5 Å². The lowest BCUT2D eigenvalue weighted by molar-refractivity contribution is 0.313. The minimum absolute atomic E-state index is 0.157. The summed E-state index contributed by atoms with van der Waals surface area (Å²) < 4.78 is 25.9. The van der Waals surface area contributed by atoms with Crippen LogP contribution in [0.2, 0.25) is 0 Å². The number of anilines is 1. The molecule has 7 heteroatoms. The summed E-state index contributed by atoms with van der Waals surface area (Å²) in [4.78, 5) is 4.82. The fraction of sp³-hybridized carbons (Fsp3) is 0.278. The van der Waals surface area contributed by atoms with E-state index in [-0.39, 0.29) is 9.92 Å². The van der Waals surface area contributed by atoms with Crippen LogP contribution >= 0.6 is 0 Å². The Balaban J connectivity index is 1.80. The van der Waals surface area contributed by atoms with Gasteiger partial charge in [-0.2, -0.15) is 5.10 Å². The van der Waals surface area contributed by atoms with Crippen molar-refractivity contribution < 1.29 is 8.42 Å². The van der Waals surface area contributed by atoms with E-state index in [1.165, 1.54) is 0 Å². The summed E-state index contributed by atoms with van der Waals surface area (Å²) in [6, 6.07) is 14.2. The number of hydrogen-bond donors (Lipinski definition) is 1. The molecule has 0 aliphatic carbocycles. The van der Waals surface area contributed by atoms with Crippen LogP contribution in [0.3, 0.4) is 0 Å². The molecule has 4 rings (SSSR count). The Kier molecular flexibility index (Phi) is 3.97. The standard InChI is InChI=1S/C18H20N4O2S/c1-21-10-12-22(13-11-21)16-9-5-8-15-17(16)19-20-18(15)25(23,24)14-6-3-2-4-7-14/h2-9H,10-13H2,1H3,(H,19,20). The summed E-state index contributed by atoms with van der Waals surface area (Å²) in [5.41, 5.74) is 1.69. The largest absolute Gasteiger partial charge is 0.367 e. The Morgan fingerprint density at radius 3 is 2.40 bits per heavy atom. The van der Waals surface area contributed by atoms with Crippen LogP contribution in [0.4, 0.5) is 5.69 Å². The first-order valence-corrected chi connectivity index (χ1v) is 9.76. The molecule has 0 amide bonds. The average molecular weight is 356 g/mol. The molecule has 6 nitrogen and oxygen atoms in total. The molecular weight excluding hydrogens is 336 g/mol. The Hall–Kier alpha value is -2.38.